The Morgan fingerprint density at radius 3 is 2.92 bits per heavy atom. The van der Waals surface area contributed by atoms with Crippen LogP contribution in [0.1, 0.15) is 36.1 Å². The van der Waals surface area contributed by atoms with Crippen molar-refractivity contribution in [2.24, 2.45) is 0 Å². The maximum absolute atomic E-state index is 5.56. The average molecular weight is 329 g/mol. The lowest BCUT2D eigenvalue weighted by atomic mass is 10.1. The zero-order valence-electron chi connectivity index (χ0n) is 14.9. The SMILES string of the molecule is CCOCc1cc(CN2CCC(n3cc(C)cn3)C2)ccc1OC. The quantitative estimate of drug-likeness (QED) is 0.782. The fraction of sp³-hybridized carbons (Fsp3) is 0.526. The van der Waals surface area contributed by atoms with Gasteiger partial charge in [0.2, 0.25) is 0 Å². The van der Waals surface area contributed by atoms with Crippen molar-refractivity contribution in [3.8, 4) is 5.75 Å². The second kappa shape index (κ2) is 7.81. The summed E-state index contributed by atoms with van der Waals surface area (Å²) >= 11 is 0. The van der Waals surface area contributed by atoms with E-state index in [-0.39, 0.29) is 0 Å². The Balaban J connectivity index is 1.63. The highest BCUT2D eigenvalue weighted by Crippen LogP contribution is 2.25. The van der Waals surface area contributed by atoms with Gasteiger partial charge in [-0.15, -0.1) is 0 Å². The largest absolute Gasteiger partial charge is 0.496 e. The number of methoxy groups -OCH3 is 1. The maximum Gasteiger partial charge on any atom is 0.124 e. The fourth-order valence-corrected chi connectivity index (χ4v) is 3.32. The standard InChI is InChI=1S/C19H27N3O2/c1-4-24-14-17-9-16(5-6-19(17)23-3)12-21-8-7-18(13-21)22-11-15(2)10-20-22/h5-6,9-11,18H,4,7-8,12-14H2,1-3H3. The highest BCUT2D eigenvalue weighted by molar-refractivity contribution is 5.37. The number of likely N-dealkylation sites (tertiary alicyclic amines) is 1. The molecule has 5 heteroatoms. The zero-order valence-corrected chi connectivity index (χ0v) is 14.9. The molecule has 0 saturated carbocycles. The summed E-state index contributed by atoms with van der Waals surface area (Å²) in [4.78, 5) is 2.49. The van der Waals surface area contributed by atoms with Gasteiger partial charge in [-0.3, -0.25) is 9.58 Å². The predicted molar refractivity (Wildman–Crippen MR) is 94.2 cm³/mol. The number of hydrogen-bond donors (Lipinski definition) is 0. The molecular formula is C19H27N3O2. The summed E-state index contributed by atoms with van der Waals surface area (Å²) in [6.07, 6.45) is 5.23. The van der Waals surface area contributed by atoms with Crippen LogP contribution in [0.2, 0.25) is 0 Å². The van der Waals surface area contributed by atoms with Gasteiger partial charge in [0, 0.05) is 38.0 Å². The summed E-state index contributed by atoms with van der Waals surface area (Å²) in [6, 6.07) is 6.90. The number of nitrogens with zero attached hydrogens (tertiary/aromatic N) is 3. The first-order valence-corrected chi connectivity index (χ1v) is 8.66. The minimum absolute atomic E-state index is 0.486. The molecule has 0 amide bonds. The molecule has 1 saturated heterocycles. The lowest BCUT2D eigenvalue weighted by molar-refractivity contribution is 0.132. The van der Waals surface area contributed by atoms with Crippen molar-refractivity contribution in [1.82, 2.24) is 14.7 Å². The van der Waals surface area contributed by atoms with Gasteiger partial charge in [-0.05, 0) is 43.5 Å². The topological polar surface area (TPSA) is 39.5 Å². The van der Waals surface area contributed by atoms with Crippen LogP contribution in [-0.4, -0.2) is 41.5 Å². The number of rotatable bonds is 7. The molecule has 5 nitrogen and oxygen atoms in total. The Morgan fingerprint density at radius 2 is 2.21 bits per heavy atom. The molecule has 1 aliphatic rings. The van der Waals surface area contributed by atoms with Crippen molar-refractivity contribution < 1.29 is 9.47 Å². The third-order valence-electron chi connectivity index (χ3n) is 4.56. The molecule has 0 bridgehead atoms. The van der Waals surface area contributed by atoms with E-state index in [1.54, 1.807) is 7.11 Å². The molecule has 130 valence electrons. The fourth-order valence-electron chi connectivity index (χ4n) is 3.32. The molecule has 1 atom stereocenters. The molecule has 1 aromatic carbocycles. The second-order valence-corrected chi connectivity index (χ2v) is 6.46. The molecule has 0 aliphatic carbocycles. The number of ether oxygens (including phenoxy) is 2. The first kappa shape index (κ1) is 17.0. The monoisotopic (exact) mass is 329 g/mol. The Bertz CT molecular complexity index is 668. The van der Waals surface area contributed by atoms with Gasteiger partial charge in [-0.25, -0.2) is 0 Å². The van der Waals surface area contributed by atoms with Crippen molar-refractivity contribution in [2.75, 3.05) is 26.8 Å². The van der Waals surface area contributed by atoms with Crippen molar-refractivity contribution in [2.45, 2.75) is 39.5 Å². The minimum Gasteiger partial charge on any atom is -0.496 e. The summed E-state index contributed by atoms with van der Waals surface area (Å²) in [5, 5.41) is 4.47. The van der Waals surface area contributed by atoms with Gasteiger partial charge in [-0.1, -0.05) is 6.07 Å². The van der Waals surface area contributed by atoms with Crippen LogP contribution < -0.4 is 4.74 Å². The van der Waals surface area contributed by atoms with Crippen molar-refractivity contribution in [3.63, 3.8) is 0 Å². The number of benzene rings is 1. The zero-order chi connectivity index (χ0) is 16.9. The summed E-state index contributed by atoms with van der Waals surface area (Å²) in [7, 11) is 1.71. The Labute approximate surface area is 144 Å². The summed E-state index contributed by atoms with van der Waals surface area (Å²) in [5.41, 5.74) is 3.65. The van der Waals surface area contributed by atoms with E-state index in [0.717, 1.165) is 37.4 Å². The number of hydrogen-bond acceptors (Lipinski definition) is 4. The smallest absolute Gasteiger partial charge is 0.124 e. The third kappa shape index (κ3) is 3.97. The van der Waals surface area contributed by atoms with E-state index in [9.17, 15) is 0 Å². The van der Waals surface area contributed by atoms with Crippen LogP contribution in [0.5, 0.6) is 5.75 Å². The molecule has 0 radical (unpaired) electrons. The summed E-state index contributed by atoms with van der Waals surface area (Å²) < 4.78 is 13.1. The van der Waals surface area contributed by atoms with Gasteiger partial charge in [0.1, 0.15) is 5.75 Å². The molecule has 0 N–H and O–H groups in total. The minimum atomic E-state index is 0.486. The Kier molecular flexibility index (Phi) is 5.53. The second-order valence-electron chi connectivity index (χ2n) is 6.46. The van der Waals surface area contributed by atoms with Gasteiger partial charge in [0.25, 0.3) is 0 Å². The third-order valence-corrected chi connectivity index (χ3v) is 4.56. The van der Waals surface area contributed by atoms with Crippen LogP contribution in [0.3, 0.4) is 0 Å². The van der Waals surface area contributed by atoms with Crippen LogP contribution in [0.4, 0.5) is 0 Å². The van der Waals surface area contributed by atoms with Crippen LogP contribution in [0.15, 0.2) is 30.6 Å². The predicted octanol–water partition coefficient (Wildman–Crippen LogP) is 3.18. The highest BCUT2D eigenvalue weighted by atomic mass is 16.5. The van der Waals surface area contributed by atoms with Crippen molar-refractivity contribution in [1.29, 1.82) is 0 Å². The highest BCUT2D eigenvalue weighted by Gasteiger charge is 2.24. The first-order chi connectivity index (χ1) is 11.7. The molecule has 1 fully saturated rings. The molecule has 2 aromatic rings. The number of aromatic nitrogens is 2. The van der Waals surface area contributed by atoms with E-state index in [0.29, 0.717) is 19.3 Å². The van der Waals surface area contributed by atoms with Gasteiger partial charge in [-0.2, -0.15) is 5.10 Å². The Hall–Kier alpha value is -1.85. The molecule has 0 spiro atoms. The van der Waals surface area contributed by atoms with Crippen molar-refractivity contribution >= 4 is 0 Å². The molecule has 1 aromatic heterocycles. The van der Waals surface area contributed by atoms with E-state index in [1.165, 1.54) is 11.1 Å². The molecular weight excluding hydrogens is 302 g/mol. The van der Waals surface area contributed by atoms with Gasteiger partial charge in [0.15, 0.2) is 0 Å². The van der Waals surface area contributed by atoms with E-state index < -0.39 is 0 Å². The number of aryl methyl sites for hydroxylation is 1. The molecule has 24 heavy (non-hydrogen) atoms. The van der Waals surface area contributed by atoms with Crippen LogP contribution in [0, 0.1) is 6.92 Å². The molecule has 3 rings (SSSR count). The normalized spacial score (nSPS) is 18.2. The van der Waals surface area contributed by atoms with Crippen molar-refractivity contribution in [3.05, 3.63) is 47.3 Å². The van der Waals surface area contributed by atoms with E-state index in [4.69, 9.17) is 9.47 Å². The van der Waals surface area contributed by atoms with E-state index in [2.05, 4.69) is 39.9 Å². The van der Waals surface area contributed by atoms with Crippen LogP contribution in [-0.2, 0) is 17.9 Å². The van der Waals surface area contributed by atoms with E-state index >= 15 is 0 Å². The molecule has 1 aliphatic heterocycles. The molecule has 1 unspecified atom stereocenters. The van der Waals surface area contributed by atoms with Gasteiger partial charge >= 0.3 is 0 Å². The van der Waals surface area contributed by atoms with Crippen LogP contribution in [0.25, 0.3) is 0 Å². The molecule has 2 heterocycles. The average Bonchev–Trinajstić information content (AvgIpc) is 3.22. The first-order valence-electron chi connectivity index (χ1n) is 8.66. The summed E-state index contributed by atoms with van der Waals surface area (Å²) in [6.45, 7) is 8.53. The summed E-state index contributed by atoms with van der Waals surface area (Å²) in [5.74, 6) is 0.901. The van der Waals surface area contributed by atoms with Gasteiger partial charge in [0.05, 0.1) is 26.0 Å². The van der Waals surface area contributed by atoms with E-state index in [1.807, 2.05) is 19.2 Å². The maximum atomic E-state index is 5.56. The van der Waals surface area contributed by atoms with Gasteiger partial charge < -0.3 is 9.47 Å². The lowest BCUT2D eigenvalue weighted by Gasteiger charge is -2.18. The lowest BCUT2D eigenvalue weighted by Crippen LogP contribution is -2.21. The van der Waals surface area contributed by atoms with Crippen LogP contribution >= 0.6 is 0 Å². The Morgan fingerprint density at radius 1 is 1.33 bits per heavy atom.